The topological polar surface area (TPSA) is 59.4 Å². The molecule has 5 aromatic rings. The summed E-state index contributed by atoms with van der Waals surface area (Å²) in [6.07, 6.45) is 0. The lowest BCUT2D eigenvalue weighted by atomic mass is 9.91. The van der Waals surface area contributed by atoms with Crippen molar-refractivity contribution in [3.05, 3.63) is 108 Å². The highest BCUT2D eigenvalue weighted by Crippen LogP contribution is 2.53. The molecule has 2 aliphatic heterocycles. The van der Waals surface area contributed by atoms with Crippen molar-refractivity contribution in [2.45, 2.75) is 12.2 Å². The Morgan fingerprint density at radius 3 is 2.54 bits per heavy atom. The quantitative estimate of drug-likeness (QED) is 0.394. The molecule has 3 heterocycles. The number of nitrogens with one attached hydrogen (secondary N) is 1. The van der Waals surface area contributed by atoms with Crippen molar-refractivity contribution in [3.8, 4) is 17.1 Å². The largest absolute Gasteiger partial charge is 0.497 e. The van der Waals surface area contributed by atoms with Gasteiger partial charge in [-0.25, -0.2) is 4.98 Å². The van der Waals surface area contributed by atoms with E-state index in [4.69, 9.17) is 9.72 Å². The molecule has 4 aromatic carbocycles. The average molecular weight is 459 g/mol. The first-order valence-corrected chi connectivity index (χ1v) is 11.6. The van der Waals surface area contributed by atoms with E-state index in [2.05, 4.69) is 39.0 Å². The van der Waals surface area contributed by atoms with Crippen LogP contribution in [0.3, 0.4) is 0 Å². The number of rotatable bonds is 3. The third kappa shape index (κ3) is 2.59. The van der Waals surface area contributed by atoms with Crippen molar-refractivity contribution in [2.24, 2.45) is 0 Å². The van der Waals surface area contributed by atoms with Crippen molar-refractivity contribution in [1.82, 2.24) is 9.55 Å². The van der Waals surface area contributed by atoms with Crippen LogP contribution in [-0.2, 0) is 17.0 Å². The van der Waals surface area contributed by atoms with Crippen LogP contribution in [0.4, 0.5) is 11.4 Å². The highest BCUT2D eigenvalue weighted by Gasteiger charge is 2.57. The van der Waals surface area contributed by atoms with Crippen molar-refractivity contribution in [3.63, 3.8) is 0 Å². The second-order valence-corrected chi connectivity index (χ2v) is 8.89. The second-order valence-electron chi connectivity index (χ2n) is 8.89. The Labute approximate surface area is 202 Å². The van der Waals surface area contributed by atoms with E-state index in [1.54, 1.807) is 7.11 Å². The Morgan fingerprint density at radius 1 is 0.914 bits per heavy atom. The molecule has 1 atom stereocenters. The number of imidazole rings is 1. The van der Waals surface area contributed by atoms with E-state index in [-0.39, 0.29) is 5.91 Å². The molecule has 0 bridgehead atoms. The van der Waals surface area contributed by atoms with Crippen LogP contribution in [0.25, 0.3) is 22.4 Å². The Bertz CT molecular complexity index is 1620. The first kappa shape index (κ1) is 19.9. The van der Waals surface area contributed by atoms with E-state index < -0.39 is 5.66 Å². The van der Waals surface area contributed by atoms with Gasteiger partial charge in [0.15, 0.2) is 0 Å². The Morgan fingerprint density at radius 2 is 1.69 bits per heavy atom. The first-order chi connectivity index (χ1) is 17.2. The third-order valence-corrected chi connectivity index (χ3v) is 7.06. The number of anilines is 2. The summed E-state index contributed by atoms with van der Waals surface area (Å²) in [4.78, 5) is 21.5. The second kappa shape index (κ2) is 7.21. The molecule has 1 spiro atoms. The number of ether oxygens (including phenoxy) is 1. The predicted octanol–water partition coefficient (Wildman–Crippen LogP) is 5.39. The van der Waals surface area contributed by atoms with Crippen LogP contribution in [0.15, 0.2) is 97.1 Å². The van der Waals surface area contributed by atoms with Crippen LogP contribution in [0.2, 0.25) is 0 Å². The Balaban J connectivity index is 1.63. The fourth-order valence-corrected chi connectivity index (χ4v) is 5.56. The Kier molecular flexibility index (Phi) is 4.09. The van der Waals surface area contributed by atoms with Gasteiger partial charge in [0.05, 0.1) is 23.8 Å². The van der Waals surface area contributed by atoms with Crippen LogP contribution in [0.1, 0.15) is 11.1 Å². The fraction of sp³-hybridized carbons (Fsp3) is 0.103. The van der Waals surface area contributed by atoms with E-state index in [0.717, 1.165) is 44.9 Å². The van der Waals surface area contributed by atoms with Gasteiger partial charge in [0, 0.05) is 23.4 Å². The number of benzene rings is 4. The van der Waals surface area contributed by atoms with Gasteiger partial charge in [0.25, 0.3) is 5.91 Å². The summed E-state index contributed by atoms with van der Waals surface area (Å²) in [6.45, 7) is 0.536. The number of hydrogen-bond acceptors (Lipinski definition) is 4. The van der Waals surface area contributed by atoms with Gasteiger partial charge in [-0.15, -0.1) is 0 Å². The smallest absolute Gasteiger partial charge is 0.276 e. The molecule has 6 nitrogen and oxygen atoms in total. The molecular formula is C29H22N4O2. The van der Waals surface area contributed by atoms with E-state index >= 15 is 0 Å². The zero-order valence-corrected chi connectivity index (χ0v) is 19.1. The first-order valence-electron chi connectivity index (χ1n) is 11.6. The van der Waals surface area contributed by atoms with Crippen LogP contribution < -0.4 is 15.0 Å². The average Bonchev–Trinajstić information content (AvgIpc) is 3.43. The lowest BCUT2D eigenvalue weighted by Gasteiger charge is -2.46. The molecule has 1 aromatic heterocycles. The van der Waals surface area contributed by atoms with Gasteiger partial charge in [-0.3, -0.25) is 9.36 Å². The summed E-state index contributed by atoms with van der Waals surface area (Å²) in [6, 6.07) is 32.2. The predicted molar refractivity (Wildman–Crippen MR) is 136 cm³/mol. The van der Waals surface area contributed by atoms with Gasteiger partial charge < -0.3 is 15.0 Å². The fourth-order valence-electron chi connectivity index (χ4n) is 5.56. The number of fused-ring (bicyclic) bond motifs is 8. The van der Waals surface area contributed by atoms with Crippen molar-refractivity contribution < 1.29 is 9.53 Å². The molecule has 2 aliphatic rings. The van der Waals surface area contributed by atoms with E-state index in [9.17, 15) is 4.79 Å². The third-order valence-electron chi connectivity index (χ3n) is 7.06. The number of hydrogen-bond donors (Lipinski definition) is 1. The molecule has 6 heteroatoms. The molecule has 0 saturated carbocycles. The molecule has 1 amide bonds. The van der Waals surface area contributed by atoms with Gasteiger partial charge in [0.1, 0.15) is 11.6 Å². The summed E-state index contributed by atoms with van der Waals surface area (Å²) < 4.78 is 7.71. The number of carbonyl (C=O) groups excluding carboxylic acids is 1. The van der Waals surface area contributed by atoms with Gasteiger partial charge in [-0.05, 0) is 48.0 Å². The molecule has 1 N–H and O–H groups in total. The summed E-state index contributed by atoms with van der Waals surface area (Å²) in [5, 5.41) is 3.17. The molecule has 7 rings (SSSR count). The standard InChI is InChI=1S/C29H22N4O2/c1-35-20-15-16-23-22(17-20)29(28(34)31-23)32(18-19-9-3-2-4-10-19)25-13-7-5-11-21(25)27-30-24-12-6-8-14-26(24)33(27)29/h2-17H,18H2,1H3,(H,31,34)/t29-/m1/s1. The summed E-state index contributed by atoms with van der Waals surface area (Å²) in [5.41, 5.74) is 5.26. The SMILES string of the molecule is COc1ccc2c(c1)[C@@]1(C(=O)N2)N(Cc2ccccc2)c2ccccc2-c2nc3ccccc3n21. The minimum absolute atomic E-state index is 0.115. The highest BCUT2D eigenvalue weighted by atomic mass is 16.5. The van der Waals surface area contributed by atoms with Gasteiger partial charge >= 0.3 is 0 Å². The molecule has 0 unspecified atom stereocenters. The normalized spacial score (nSPS) is 17.7. The number of aromatic nitrogens is 2. The van der Waals surface area contributed by atoms with E-state index in [1.807, 2.05) is 72.8 Å². The lowest BCUT2D eigenvalue weighted by molar-refractivity contribution is -0.121. The minimum Gasteiger partial charge on any atom is -0.497 e. The molecule has 0 saturated heterocycles. The zero-order chi connectivity index (χ0) is 23.6. The summed E-state index contributed by atoms with van der Waals surface area (Å²) >= 11 is 0. The maximum atomic E-state index is 14.3. The molecular weight excluding hydrogens is 436 g/mol. The monoisotopic (exact) mass is 458 g/mol. The number of amides is 1. The van der Waals surface area contributed by atoms with Crippen molar-refractivity contribution in [2.75, 3.05) is 17.3 Å². The van der Waals surface area contributed by atoms with Crippen LogP contribution >= 0.6 is 0 Å². The van der Waals surface area contributed by atoms with Crippen LogP contribution in [0.5, 0.6) is 5.75 Å². The lowest BCUT2D eigenvalue weighted by Crippen LogP contribution is -2.58. The van der Waals surface area contributed by atoms with Crippen LogP contribution in [-0.4, -0.2) is 22.6 Å². The van der Waals surface area contributed by atoms with E-state index in [1.165, 1.54) is 0 Å². The maximum Gasteiger partial charge on any atom is 0.276 e. The molecule has 35 heavy (non-hydrogen) atoms. The zero-order valence-electron chi connectivity index (χ0n) is 19.1. The molecule has 0 fully saturated rings. The van der Waals surface area contributed by atoms with Gasteiger partial charge in [-0.2, -0.15) is 0 Å². The van der Waals surface area contributed by atoms with E-state index in [0.29, 0.717) is 12.3 Å². The number of methoxy groups -OCH3 is 1. The molecule has 170 valence electrons. The minimum atomic E-state index is -1.18. The molecule has 0 aliphatic carbocycles. The number of nitrogens with zero attached hydrogens (tertiary/aromatic N) is 3. The van der Waals surface area contributed by atoms with Gasteiger partial charge in [0.2, 0.25) is 5.66 Å². The highest BCUT2D eigenvalue weighted by molar-refractivity contribution is 6.11. The van der Waals surface area contributed by atoms with Crippen molar-refractivity contribution in [1.29, 1.82) is 0 Å². The molecule has 0 radical (unpaired) electrons. The number of carbonyl (C=O) groups is 1. The number of para-hydroxylation sites is 3. The summed E-state index contributed by atoms with van der Waals surface area (Å²) in [5.74, 6) is 1.36. The summed E-state index contributed by atoms with van der Waals surface area (Å²) in [7, 11) is 1.65. The van der Waals surface area contributed by atoms with Crippen molar-refractivity contribution >= 4 is 28.3 Å². The van der Waals surface area contributed by atoms with Gasteiger partial charge in [-0.1, -0.05) is 54.6 Å². The maximum absolute atomic E-state index is 14.3. The van der Waals surface area contributed by atoms with Crippen LogP contribution in [0, 0.1) is 0 Å². The Hall–Kier alpha value is -4.58.